The first kappa shape index (κ1) is 8.77. The quantitative estimate of drug-likeness (QED) is 0.717. The van der Waals surface area contributed by atoms with E-state index in [9.17, 15) is 4.79 Å². The van der Waals surface area contributed by atoms with E-state index in [1.54, 1.807) is 13.8 Å². The van der Waals surface area contributed by atoms with Crippen molar-refractivity contribution in [3.8, 4) is 0 Å². The summed E-state index contributed by atoms with van der Waals surface area (Å²) in [5, 5.41) is 2.65. The molecule has 0 radical (unpaired) electrons. The Morgan fingerprint density at radius 2 is 2.25 bits per heavy atom. The summed E-state index contributed by atoms with van der Waals surface area (Å²) < 4.78 is 5.11. The molecule has 12 heavy (non-hydrogen) atoms. The Labute approximate surface area is 71.0 Å². The van der Waals surface area contributed by atoms with Crippen LogP contribution < -0.4 is 5.32 Å². The molecule has 0 bridgehead atoms. The number of carbonyl (C=O) groups excluding carboxylic acids is 1. The summed E-state index contributed by atoms with van der Waals surface area (Å²) in [6, 6.07) is 0. The second-order valence-corrected chi connectivity index (χ2v) is 2.50. The molecule has 1 amide bonds. The minimum atomic E-state index is -0.174. The van der Waals surface area contributed by atoms with Gasteiger partial charge in [-0.3, -0.25) is 4.79 Å². The van der Waals surface area contributed by atoms with Crippen LogP contribution in [0.4, 0.5) is 0 Å². The molecule has 0 aliphatic heterocycles. The van der Waals surface area contributed by atoms with Crippen LogP contribution in [0.5, 0.6) is 0 Å². The molecule has 0 fully saturated rings. The van der Waals surface area contributed by atoms with Gasteiger partial charge in [0.25, 0.3) is 5.91 Å². The average Bonchev–Trinajstić information content (AvgIpc) is 2.30. The molecule has 0 aromatic carbocycles. The molecule has 1 rings (SSSR count). The van der Waals surface area contributed by atoms with Crippen LogP contribution in [0.2, 0.25) is 0 Å². The van der Waals surface area contributed by atoms with Crippen LogP contribution in [0.3, 0.4) is 0 Å². The van der Waals surface area contributed by atoms with E-state index in [0.29, 0.717) is 23.9 Å². The molecule has 4 nitrogen and oxygen atoms in total. The van der Waals surface area contributed by atoms with Crippen molar-refractivity contribution in [3.05, 3.63) is 17.3 Å². The first-order valence-corrected chi connectivity index (χ1v) is 3.87. The van der Waals surface area contributed by atoms with E-state index < -0.39 is 0 Å². The van der Waals surface area contributed by atoms with E-state index in [-0.39, 0.29) is 5.91 Å². The van der Waals surface area contributed by atoms with Crippen LogP contribution in [0, 0.1) is 13.8 Å². The number of aromatic nitrogens is 1. The van der Waals surface area contributed by atoms with Crippen LogP contribution in [0.25, 0.3) is 0 Å². The number of amides is 1. The van der Waals surface area contributed by atoms with Gasteiger partial charge in [-0.05, 0) is 13.8 Å². The van der Waals surface area contributed by atoms with Crippen LogP contribution in [0.15, 0.2) is 4.42 Å². The third-order valence-corrected chi connectivity index (χ3v) is 1.46. The fourth-order valence-electron chi connectivity index (χ4n) is 0.984. The fourth-order valence-corrected chi connectivity index (χ4v) is 0.984. The van der Waals surface area contributed by atoms with Gasteiger partial charge >= 0.3 is 0 Å². The highest BCUT2D eigenvalue weighted by Gasteiger charge is 2.13. The first-order valence-electron chi connectivity index (χ1n) is 3.87. The summed E-state index contributed by atoms with van der Waals surface area (Å²) in [7, 11) is 0. The number of hydrogen-bond donors (Lipinski definition) is 1. The van der Waals surface area contributed by atoms with E-state index in [2.05, 4.69) is 10.3 Å². The second-order valence-electron chi connectivity index (χ2n) is 2.50. The van der Waals surface area contributed by atoms with Gasteiger partial charge < -0.3 is 9.73 Å². The zero-order valence-corrected chi connectivity index (χ0v) is 7.47. The summed E-state index contributed by atoms with van der Waals surface area (Å²) in [5.74, 6) is 0.916. The molecule has 0 atom stereocenters. The fraction of sp³-hybridized carbons (Fsp3) is 0.500. The van der Waals surface area contributed by atoms with E-state index in [1.807, 2.05) is 6.92 Å². The van der Waals surface area contributed by atoms with Crippen molar-refractivity contribution in [1.29, 1.82) is 0 Å². The smallest absolute Gasteiger partial charge is 0.273 e. The molecule has 0 saturated carbocycles. The highest BCUT2D eigenvalue weighted by atomic mass is 16.4. The Morgan fingerprint density at radius 1 is 1.58 bits per heavy atom. The zero-order chi connectivity index (χ0) is 9.14. The predicted molar refractivity (Wildman–Crippen MR) is 44.0 cm³/mol. The standard InChI is InChI=1S/C8H12N2O2/c1-4-9-8(11)7-5(2)12-6(3)10-7/h4H2,1-3H3,(H,9,11). The maximum absolute atomic E-state index is 11.2. The number of hydrogen-bond acceptors (Lipinski definition) is 3. The van der Waals surface area contributed by atoms with Gasteiger partial charge in [-0.2, -0.15) is 0 Å². The Bertz CT molecular complexity index is 291. The van der Waals surface area contributed by atoms with Crippen molar-refractivity contribution in [2.45, 2.75) is 20.8 Å². The number of oxazole rings is 1. The van der Waals surface area contributed by atoms with Crippen LogP contribution in [-0.4, -0.2) is 17.4 Å². The van der Waals surface area contributed by atoms with Crippen molar-refractivity contribution < 1.29 is 9.21 Å². The zero-order valence-electron chi connectivity index (χ0n) is 7.47. The van der Waals surface area contributed by atoms with E-state index in [1.165, 1.54) is 0 Å². The number of nitrogens with zero attached hydrogens (tertiary/aromatic N) is 1. The van der Waals surface area contributed by atoms with Crippen LogP contribution >= 0.6 is 0 Å². The Morgan fingerprint density at radius 3 is 2.67 bits per heavy atom. The molecular formula is C8H12N2O2. The van der Waals surface area contributed by atoms with Gasteiger partial charge in [-0.25, -0.2) is 4.98 Å². The highest BCUT2D eigenvalue weighted by molar-refractivity contribution is 5.93. The maximum Gasteiger partial charge on any atom is 0.273 e. The summed E-state index contributed by atoms with van der Waals surface area (Å²) in [4.78, 5) is 15.2. The first-order chi connectivity index (χ1) is 5.65. The number of aryl methyl sites for hydroxylation is 2. The highest BCUT2D eigenvalue weighted by Crippen LogP contribution is 2.07. The molecular weight excluding hydrogens is 156 g/mol. The normalized spacial score (nSPS) is 9.92. The van der Waals surface area contributed by atoms with Crippen LogP contribution in [0.1, 0.15) is 29.1 Å². The van der Waals surface area contributed by atoms with Gasteiger partial charge in [0.05, 0.1) is 0 Å². The second kappa shape index (κ2) is 3.38. The van der Waals surface area contributed by atoms with Gasteiger partial charge in [-0.15, -0.1) is 0 Å². The topological polar surface area (TPSA) is 55.1 Å². The van der Waals surface area contributed by atoms with Gasteiger partial charge in [0.15, 0.2) is 11.6 Å². The van der Waals surface area contributed by atoms with Gasteiger partial charge in [0, 0.05) is 13.5 Å². The molecule has 66 valence electrons. The molecule has 1 aromatic heterocycles. The number of rotatable bonds is 2. The SMILES string of the molecule is CCNC(=O)c1nc(C)oc1C. The Kier molecular flexibility index (Phi) is 2.47. The lowest BCUT2D eigenvalue weighted by molar-refractivity contribution is 0.0950. The summed E-state index contributed by atoms with van der Waals surface area (Å²) >= 11 is 0. The molecule has 0 aliphatic carbocycles. The Hall–Kier alpha value is -1.32. The average molecular weight is 168 g/mol. The largest absolute Gasteiger partial charge is 0.445 e. The van der Waals surface area contributed by atoms with Crippen LogP contribution in [-0.2, 0) is 0 Å². The molecule has 1 N–H and O–H groups in total. The summed E-state index contributed by atoms with van der Waals surface area (Å²) in [5.41, 5.74) is 0.384. The van der Waals surface area contributed by atoms with Crippen molar-refractivity contribution in [2.75, 3.05) is 6.54 Å². The third kappa shape index (κ3) is 1.64. The maximum atomic E-state index is 11.2. The Balaban J connectivity index is 2.87. The van der Waals surface area contributed by atoms with Gasteiger partial charge in [0.2, 0.25) is 0 Å². The van der Waals surface area contributed by atoms with Gasteiger partial charge in [-0.1, -0.05) is 0 Å². The minimum Gasteiger partial charge on any atom is -0.445 e. The van der Waals surface area contributed by atoms with E-state index >= 15 is 0 Å². The van der Waals surface area contributed by atoms with Crippen molar-refractivity contribution in [3.63, 3.8) is 0 Å². The molecule has 0 saturated heterocycles. The molecule has 4 heteroatoms. The molecule has 1 heterocycles. The van der Waals surface area contributed by atoms with E-state index in [4.69, 9.17) is 4.42 Å². The van der Waals surface area contributed by atoms with E-state index in [0.717, 1.165) is 0 Å². The van der Waals surface area contributed by atoms with Gasteiger partial charge in [0.1, 0.15) is 5.76 Å². The lowest BCUT2D eigenvalue weighted by Gasteiger charge is -1.96. The minimum absolute atomic E-state index is 0.174. The lowest BCUT2D eigenvalue weighted by Crippen LogP contribution is -2.23. The molecule has 0 aliphatic rings. The molecule has 0 spiro atoms. The van der Waals surface area contributed by atoms with Crippen molar-refractivity contribution in [1.82, 2.24) is 10.3 Å². The monoisotopic (exact) mass is 168 g/mol. The lowest BCUT2D eigenvalue weighted by atomic mass is 10.3. The summed E-state index contributed by atoms with van der Waals surface area (Å²) in [6.07, 6.45) is 0. The predicted octanol–water partition coefficient (Wildman–Crippen LogP) is 1.04. The van der Waals surface area contributed by atoms with Crippen molar-refractivity contribution >= 4 is 5.91 Å². The number of carbonyl (C=O) groups is 1. The molecule has 1 aromatic rings. The van der Waals surface area contributed by atoms with Crippen molar-refractivity contribution in [2.24, 2.45) is 0 Å². The molecule has 0 unspecified atom stereocenters. The third-order valence-electron chi connectivity index (χ3n) is 1.46. The summed E-state index contributed by atoms with van der Waals surface area (Å²) in [6.45, 7) is 5.91. The number of nitrogens with one attached hydrogen (secondary N) is 1.